The van der Waals surface area contributed by atoms with Crippen LogP contribution in [-0.2, 0) is 4.79 Å². The fraction of sp³-hybridized carbons (Fsp3) is 0.200. The minimum atomic E-state index is -0.632. The number of amides is 1. The average Bonchev–Trinajstić information content (AvgIpc) is 2.68. The molecule has 8 heteroatoms. The Morgan fingerprint density at radius 1 is 1.14 bits per heavy atom. The molecule has 1 amide bonds. The minimum Gasteiger partial charge on any atom is -0.495 e. The topological polar surface area (TPSA) is 80.6 Å². The first-order chi connectivity index (χ1) is 13.4. The molecule has 2 rings (SSSR count). The highest BCUT2D eigenvalue weighted by Gasteiger charge is 2.16. The Morgan fingerprint density at radius 2 is 1.86 bits per heavy atom. The molecule has 2 aromatic carbocycles. The van der Waals surface area contributed by atoms with Crippen molar-refractivity contribution in [2.24, 2.45) is 0 Å². The molecule has 0 unspecified atom stereocenters. The summed E-state index contributed by atoms with van der Waals surface area (Å²) in [5, 5.41) is 12.9. The SMILES string of the molecule is CCOc1ccc(Cl)cc1/C=C(\C#N)C(=O)Nc1cc(OC)c(Cl)cc1OC. The van der Waals surface area contributed by atoms with Gasteiger partial charge in [-0.1, -0.05) is 23.2 Å². The van der Waals surface area contributed by atoms with Gasteiger partial charge in [0, 0.05) is 22.7 Å². The molecular formula is C20H18Cl2N2O4. The molecule has 2 aromatic rings. The van der Waals surface area contributed by atoms with Gasteiger partial charge < -0.3 is 19.5 Å². The number of ether oxygens (including phenoxy) is 3. The van der Waals surface area contributed by atoms with Crippen molar-refractivity contribution < 1.29 is 19.0 Å². The van der Waals surface area contributed by atoms with Crippen molar-refractivity contribution in [1.29, 1.82) is 5.26 Å². The molecular weight excluding hydrogens is 403 g/mol. The lowest BCUT2D eigenvalue weighted by atomic mass is 10.1. The van der Waals surface area contributed by atoms with Crippen LogP contribution in [0.5, 0.6) is 17.2 Å². The molecule has 28 heavy (non-hydrogen) atoms. The van der Waals surface area contributed by atoms with Gasteiger partial charge in [-0.05, 0) is 31.2 Å². The van der Waals surface area contributed by atoms with Crippen LogP contribution in [0.25, 0.3) is 6.08 Å². The van der Waals surface area contributed by atoms with Crippen molar-refractivity contribution in [1.82, 2.24) is 0 Å². The number of nitrogens with zero attached hydrogens (tertiary/aromatic N) is 1. The largest absolute Gasteiger partial charge is 0.495 e. The molecule has 0 radical (unpaired) electrons. The number of carbonyl (C=O) groups is 1. The number of anilines is 1. The highest BCUT2D eigenvalue weighted by atomic mass is 35.5. The third-order valence-electron chi connectivity index (χ3n) is 3.66. The summed E-state index contributed by atoms with van der Waals surface area (Å²) in [5.74, 6) is 0.564. The van der Waals surface area contributed by atoms with E-state index in [-0.39, 0.29) is 5.57 Å². The van der Waals surface area contributed by atoms with E-state index in [0.29, 0.717) is 45.2 Å². The van der Waals surface area contributed by atoms with E-state index in [0.717, 1.165) is 0 Å². The van der Waals surface area contributed by atoms with Crippen molar-refractivity contribution in [2.75, 3.05) is 26.1 Å². The maximum Gasteiger partial charge on any atom is 0.266 e. The summed E-state index contributed by atoms with van der Waals surface area (Å²) in [6.45, 7) is 2.26. The van der Waals surface area contributed by atoms with Gasteiger partial charge in [-0.15, -0.1) is 0 Å². The molecule has 0 aliphatic rings. The first-order valence-electron chi connectivity index (χ1n) is 8.20. The lowest BCUT2D eigenvalue weighted by Gasteiger charge is -2.13. The summed E-state index contributed by atoms with van der Waals surface area (Å²) < 4.78 is 15.9. The van der Waals surface area contributed by atoms with Crippen LogP contribution in [0.2, 0.25) is 10.0 Å². The lowest BCUT2D eigenvalue weighted by Crippen LogP contribution is -2.14. The molecule has 0 saturated carbocycles. The smallest absolute Gasteiger partial charge is 0.266 e. The van der Waals surface area contributed by atoms with Crippen molar-refractivity contribution >= 4 is 40.9 Å². The van der Waals surface area contributed by atoms with Crippen LogP contribution < -0.4 is 19.5 Å². The molecule has 6 nitrogen and oxygen atoms in total. The Morgan fingerprint density at radius 3 is 2.46 bits per heavy atom. The summed E-state index contributed by atoms with van der Waals surface area (Å²) >= 11 is 12.1. The zero-order chi connectivity index (χ0) is 20.7. The number of carbonyl (C=O) groups excluding carboxylic acids is 1. The van der Waals surface area contributed by atoms with Crippen LogP contribution >= 0.6 is 23.2 Å². The second-order valence-corrected chi connectivity index (χ2v) is 6.27. The fourth-order valence-corrected chi connectivity index (χ4v) is 2.78. The standard InChI is InChI=1S/C20H18Cl2N2O4/c1-4-28-17-6-5-14(21)8-12(17)7-13(11-23)20(25)24-16-10-18(26-2)15(22)9-19(16)27-3/h5-10H,4H2,1-3H3,(H,24,25)/b13-7+. The lowest BCUT2D eigenvalue weighted by molar-refractivity contribution is -0.112. The molecule has 0 atom stereocenters. The molecule has 0 aliphatic heterocycles. The molecule has 0 bridgehead atoms. The van der Waals surface area contributed by atoms with Gasteiger partial charge in [-0.25, -0.2) is 0 Å². The molecule has 0 saturated heterocycles. The Kier molecular flexibility index (Phi) is 7.56. The van der Waals surface area contributed by atoms with Gasteiger partial charge in [0.2, 0.25) is 0 Å². The Labute approximate surface area is 173 Å². The number of hydrogen-bond acceptors (Lipinski definition) is 5. The van der Waals surface area contributed by atoms with Crippen LogP contribution in [0.3, 0.4) is 0 Å². The fourth-order valence-electron chi connectivity index (χ4n) is 2.37. The number of methoxy groups -OCH3 is 2. The van der Waals surface area contributed by atoms with Crippen molar-refractivity contribution in [2.45, 2.75) is 6.92 Å². The van der Waals surface area contributed by atoms with Gasteiger partial charge in [0.05, 0.1) is 31.5 Å². The Balaban J connectivity index is 2.39. The van der Waals surface area contributed by atoms with Crippen LogP contribution in [0.4, 0.5) is 5.69 Å². The predicted octanol–water partition coefficient (Wildman–Crippen LogP) is 4.95. The second kappa shape index (κ2) is 9.88. The van der Waals surface area contributed by atoms with Crippen molar-refractivity contribution in [3.05, 3.63) is 51.5 Å². The first kappa shape index (κ1) is 21.4. The first-order valence-corrected chi connectivity index (χ1v) is 8.96. The summed E-state index contributed by atoms with van der Waals surface area (Å²) in [4.78, 5) is 12.6. The summed E-state index contributed by atoms with van der Waals surface area (Å²) in [5.41, 5.74) is 0.687. The summed E-state index contributed by atoms with van der Waals surface area (Å²) in [6.07, 6.45) is 1.41. The van der Waals surface area contributed by atoms with E-state index in [1.807, 2.05) is 13.0 Å². The van der Waals surface area contributed by atoms with E-state index < -0.39 is 5.91 Å². The number of nitrogens with one attached hydrogen (secondary N) is 1. The quantitative estimate of drug-likeness (QED) is 0.505. The van der Waals surface area contributed by atoms with Gasteiger partial charge in [-0.3, -0.25) is 4.79 Å². The van der Waals surface area contributed by atoms with Crippen LogP contribution in [0.15, 0.2) is 35.9 Å². The number of rotatable bonds is 7. The highest BCUT2D eigenvalue weighted by Crippen LogP contribution is 2.36. The molecule has 0 fully saturated rings. The highest BCUT2D eigenvalue weighted by molar-refractivity contribution is 6.32. The van der Waals surface area contributed by atoms with E-state index in [2.05, 4.69) is 5.32 Å². The number of nitriles is 1. The van der Waals surface area contributed by atoms with Gasteiger partial charge in [0.15, 0.2) is 0 Å². The molecule has 146 valence electrons. The maximum atomic E-state index is 12.6. The Hall–Kier alpha value is -2.88. The van der Waals surface area contributed by atoms with Crippen LogP contribution in [-0.4, -0.2) is 26.7 Å². The van der Waals surface area contributed by atoms with Crippen LogP contribution in [0, 0.1) is 11.3 Å². The third-order valence-corrected chi connectivity index (χ3v) is 4.19. The maximum absolute atomic E-state index is 12.6. The monoisotopic (exact) mass is 420 g/mol. The third kappa shape index (κ3) is 5.10. The molecule has 0 heterocycles. The van der Waals surface area contributed by atoms with E-state index in [1.165, 1.54) is 32.4 Å². The molecule has 0 aliphatic carbocycles. The summed E-state index contributed by atoms with van der Waals surface area (Å²) in [7, 11) is 2.89. The normalized spacial score (nSPS) is 10.8. The zero-order valence-corrected chi connectivity index (χ0v) is 17.0. The van der Waals surface area contributed by atoms with E-state index in [4.69, 9.17) is 37.4 Å². The number of benzene rings is 2. The Bertz CT molecular complexity index is 952. The van der Waals surface area contributed by atoms with Crippen molar-refractivity contribution in [3.63, 3.8) is 0 Å². The van der Waals surface area contributed by atoms with Crippen molar-refractivity contribution in [3.8, 4) is 23.3 Å². The van der Waals surface area contributed by atoms with E-state index in [9.17, 15) is 10.1 Å². The molecule has 0 aromatic heterocycles. The van der Waals surface area contributed by atoms with Gasteiger partial charge >= 0.3 is 0 Å². The van der Waals surface area contributed by atoms with E-state index >= 15 is 0 Å². The predicted molar refractivity (Wildman–Crippen MR) is 109 cm³/mol. The summed E-state index contributed by atoms with van der Waals surface area (Å²) in [6, 6.07) is 9.87. The van der Waals surface area contributed by atoms with Gasteiger partial charge in [-0.2, -0.15) is 5.26 Å². The number of hydrogen-bond donors (Lipinski definition) is 1. The van der Waals surface area contributed by atoms with Gasteiger partial charge in [0.25, 0.3) is 5.91 Å². The molecule has 0 spiro atoms. The minimum absolute atomic E-state index is 0.140. The molecule has 1 N–H and O–H groups in total. The van der Waals surface area contributed by atoms with Crippen LogP contribution in [0.1, 0.15) is 12.5 Å². The van der Waals surface area contributed by atoms with E-state index in [1.54, 1.807) is 18.2 Å². The average molecular weight is 421 g/mol. The number of halogens is 2. The zero-order valence-electron chi connectivity index (χ0n) is 15.5. The van der Waals surface area contributed by atoms with Gasteiger partial charge in [0.1, 0.15) is 28.9 Å². The second-order valence-electron chi connectivity index (χ2n) is 5.43.